The molecule has 0 unspecified atom stereocenters. The SMILES string of the molecule is CCc1cn(C)c(CCC(=O)O)n1. The molecule has 0 spiro atoms. The van der Waals surface area contributed by atoms with Crippen molar-refractivity contribution >= 4 is 5.97 Å². The molecule has 1 N–H and O–H groups in total. The van der Waals surface area contributed by atoms with Crippen LogP contribution in [0.15, 0.2) is 6.20 Å². The fourth-order valence-corrected chi connectivity index (χ4v) is 1.19. The van der Waals surface area contributed by atoms with Crippen molar-refractivity contribution in [2.45, 2.75) is 26.2 Å². The van der Waals surface area contributed by atoms with Gasteiger partial charge in [0.25, 0.3) is 0 Å². The number of nitrogens with zero attached hydrogens (tertiary/aromatic N) is 2. The van der Waals surface area contributed by atoms with Crippen molar-refractivity contribution in [3.05, 3.63) is 17.7 Å². The van der Waals surface area contributed by atoms with Gasteiger partial charge in [-0.2, -0.15) is 0 Å². The summed E-state index contributed by atoms with van der Waals surface area (Å²) in [5.74, 6) is 0.0697. The van der Waals surface area contributed by atoms with Gasteiger partial charge in [0.1, 0.15) is 5.82 Å². The summed E-state index contributed by atoms with van der Waals surface area (Å²) in [7, 11) is 1.89. The summed E-state index contributed by atoms with van der Waals surface area (Å²) in [6, 6.07) is 0. The summed E-state index contributed by atoms with van der Waals surface area (Å²) in [5.41, 5.74) is 1.02. The largest absolute Gasteiger partial charge is 0.481 e. The van der Waals surface area contributed by atoms with E-state index in [9.17, 15) is 4.79 Å². The Hall–Kier alpha value is -1.32. The molecular weight excluding hydrogens is 168 g/mol. The summed E-state index contributed by atoms with van der Waals surface area (Å²) in [4.78, 5) is 14.6. The van der Waals surface area contributed by atoms with E-state index in [4.69, 9.17) is 5.11 Å². The highest BCUT2D eigenvalue weighted by Gasteiger charge is 2.05. The Morgan fingerprint density at radius 2 is 2.38 bits per heavy atom. The van der Waals surface area contributed by atoms with E-state index in [1.165, 1.54) is 0 Å². The molecule has 13 heavy (non-hydrogen) atoms. The van der Waals surface area contributed by atoms with Gasteiger partial charge in [0.05, 0.1) is 12.1 Å². The van der Waals surface area contributed by atoms with Crippen LogP contribution in [-0.2, 0) is 24.7 Å². The minimum absolute atomic E-state index is 0.147. The molecule has 0 aliphatic rings. The van der Waals surface area contributed by atoms with Crippen LogP contribution in [0.2, 0.25) is 0 Å². The molecule has 72 valence electrons. The third-order valence-corrected chi connectivity index (χ3v) is 1.95. The number of aromatic nitrogens is 2. The van der Waals surface area contributed by atoms with E-state index in [-0.39, 0.29) is 6.42 Å². The van der Waals surface area contributed by atoms with Crippen molar-refractivity contribution in [1.82, 2.24) is 9.55 Å². The van der Waals surface area contributed by atoms with Gasteiger partial charge in [-0.05, 0) is 6.42 Å². The van der Waals surface area contributed by atoms with Crippen molar-refractivity contribution in [3.63, 3.8) is 0 Å². The van der Waals surface area contributed by atoms with E-state index in [2.05, 4.69) is 4.98 Å². The Kier molecular flexibility index (Phi) is 3.06. The maximum Gasteiger partial charge on any atom is 0.303 e. The summed E-state index contributed by atoms with van der Waals surface area (Å²) >= 11 is 0. The van der Waals surface area contributed by atoms with Crippen molar-refractivity contribution in [1.29, 1.82) is 0 Å². The number of hydrogen-bond donors (Lipinski definition) is 1. The minimum atomic E-state index is -0.777. The number of carboxylic acid groups (broad SMARTS) is 1. The first-order valence-corrected chi connectivity index (χ1v) is 4.36. The van der Waals surface area contributed by atoms with Crippen molar-refractivity contribution in [2.75, 3.05) is 0 Å². The van der Waals surface area contributed by atoms with Crippen LogP contribution in [0, 0.1) is 0 Å². The Labute approximate surface area is 77.2 Å². The molecule has 1 rings (SSSR count). The second-order valence-electron chi connectivity index (χ2n) is 3.01. The Morgan fingerprint density at radius 1 is 1.69 bits per heavy atom. The van der Waals surface area contributed by atoms with Gasteiger partial charge in [0.15, 0.2) is 0 Å². The first-order chi connectivity index (χ1) is 6.13. The van der Waals surface area contributed by atoms with Gasteiger partial charge >= 0.3 is 5.97 Å². The lowest BCUT2D eigenvalue weighted by Crippen LogP contribution is -2.02. The first kappa shape index (κ1) is 9.77. The monoisotopic (exact) mass is 182 g/mol. The molecule has 0 amide bonds. The molecule has 0 aliphatic carbocycles. The highest BCUT2D eigenvalue weighted by molar-refractivity contribution is 5.66. The Morgan fingerprint density at radius 3 is 2.85 bits per heavy atom. The number of aliphatic carboxylic acids is 1. The normalized spacial score (nSPS) is 10.3. The van der Waals surface area contributed by atoms with Crippen LogP contribution >= 0.6 is 0 Å². The molecule has 0 radical (unpaired) electrons. The zero-order chi connectivity index (χ0) is 9.84. The quantitative estimate of drug-likeness (QED) is 0.755. The van der Waals surface area contributed by atoms with E-state index < -0.39 is 5.97 Å². The molecule has 0 fully saturated rings. The topological polar surface area (TPSA) is 55.1 Å². The summed E-state index contributed by atoms with van der Waals surface area (Å²) in [6.07, 6.45) is 3.48. The first-order valence-electron chi connectivity index (χ1n) is 4.36. The van der Waals surface area contributed by atoms with Gasteiger partial charge < -0.3 is 9.67 Å². The number of imidazole rings is 1. The standard InChI is InChI=1S/C9H14N2O2/c1-3-7-6-11(2)8(10-7)4-5-9(12)13/h6H,3-5H2,1-2H3,(H,12,13). The summed E-state index contributed by atoms with van der Waals surface area (Å²) < 4.78 is 1.89. The van der Waals surface area contributed by atoms with Crippen LogP contribution in [0.3, 0.4) is 0 Å². The molecule has 0 saturated carbocycles. The predicted molar refractivity (Wildman–Crippen MR) is 48.5 cm³/mol. The molecule has 1 aromatic rings. The van der Waals surface area contributed by atoms with Gasteiger partial charge in [0, 0.05) is 19.7 Å². The van der Waals surface area contributed by atoms with Crippen LogP contribution in [0.4, 0.5) is 0 Å². The fourth-order valence-electron chi connectivity index (χ4n) is 1.19. The van der Waals surface area contributed by atoms with E-state index in [1.807, 2.05) is 24.7 Å². The zero-order valence-corrected chi connectivity index (χ0v) is 7.95. The van der Waals surface area contributed by atoms with Crippen molar-refractivity contribution in [2.24, 2.45) is 7.05 Å². The maximum absolute atomic E-state index is 10.3. The molecule has 0 atom stereocenters. The molecular formula is C9H14N2O2. The second-order valence-corrected chi connectivity index (χ2v) is 3.01. The van der Waals surface area contributed by atoms with Crippen LogP contribution in [0.25, 0.3) is 0 Å². The van der Waals surface area contributed by atoms with Crippen LogP contribution < -0.4 is 0 Å². The van der Waals surface area contributed by atoms with E-state index >= 15 is 0 Å². The summed E-state index contributed by atoms with van der Waals surface area (Å²) in [5, 5.41) is 8.49. The highest BCUT2D eigenvalue weighted by Crippen LogP contribution is 2.04. The number of carboxylic acids is 1. The number of rotatable bonds is 4. The number of aryl methyl sites for hydroxylation is 3. The highest BCUT2D eigenvalue weighted by atomic mass is 16.4. The number of hydrogen-bond acceptors (Lipinski definition) is 2. The lowest BCUT2D eigenvalue weighted by Gasteiger charge is -1.97. The third kappa shape index (κ3) is 2.57. The van der Waals surface area contributed by atoms with Crippen LogP contribution in [-0.4, -0.2) is 20.6 Å². The average Bonchev–Trinajstić information content (AvgIpc) is 2.43. The van der Waals surface area contributed by atoms with E-state index in [0.29, 0.717) is 6.42 Å². The molecule has 0 aromatic carbocycles. The molecule has 0 aliphatic heterocycles. The second kappa shape index (κ2) is 4.07. The molecule has 0 bridgehead atoms. The van der Waals surface area contributed by atoms with Crippen LogP contribution in [0.5, 0.6) is 0 Å². The fraction of sp³-hybridized carbons (Fsp3) is 0.556. The molecule has 4 heteroatoms. The lowest BCUT2D eigenvalue weighted by molar-refractivity contribution is -0.137. The maximum atomic E-state index is 10.3. The number of carbonyl (C=O) groups is 1. The van der Waals surface area contributed by atoms with Gasteiger partial charge in [-0.3, -0.25) is 4.79 Å². The van der Waals surface area contributed by atoms with Gasteiger partial charge in [-0.25, -0.2) is 4.98 Å². The Balaban J connectivity index is 2.65. The predicted octanol–water partition coefficient (Wildman–Crippen LogP) is 1.000. The van der Waals surface area contributed by atoms with Crippen LogP contribution in [0.1, 0.15) is 24.9 Å². The molecule has 4 nitrogen and oxygen atoms in total. The minimum Gasteiger partial charge on any atom is -0.481 e. The van der Waals surface area contributed by atoms with Crippen molar-refractivity contribution in [3.8, 4) is 0 Å². The summed E-state index contributed by atoms with van der Waals surface area (Å²) in [6.45, 7) is 2.03. The van der Waals surface area contributed by atoms with Gasteiger partial charge in [-0.1, -0.05) is 6.92 Å². The van der Waals surface area contributed by atoms with E-state index in [1.54, 1.807) is 0 Å². The third-order valence-electron chi connectivity index (χ3n) is 1.95. The molecule has 1 heterocycles. The average molecular weight is 182 g/mol. The lowest BCUT2D eigenvalue weighted by atomic mass is 10.3. The molecule has 1 aromatic heterocycles. The smallest absolute Gasteiger partial charge is 0.303 e. The van der Waals surface area contributed by atoms with Gasteiger partial charge in [0.2, 0.25) is 0 Å². The van der Waals surface area contributed by atoms with E-state index in [0.717, 1.165) is 17.9 Å². The Bertz CT molecular complexity index is 305. The van der Waals surface area contributed by atoms with Crippen molar-refractivity contribution < 1.29 is 9.90 Å². The van der Waals surface area contributed by atoms with Gasteiger partial charge in [-0.15, -0.1) is 0 Å². The molecule has 0 saturated heterocycles. The zero-order valence-electron chi connectivity index (χ0n) is 7.95.